The summed E-state index contributed by atoms with van der Waals surface area (Å²) >= 11 is 0. The molecule has 0 fully saturated rings. The van der Waals surface area contributed by atoms with Gasteiger partial charge in [-0.1, -0.05) is 30.3 Å². The Bertz CT molecular complexity index is 751. The number of fused-ring (bicyclic) bond motifs is 1. The van der Waals surface area contributed by atoms with Crippen molar-refractivity contribution in [3.05, 3.63) is 65.0 Å². The Balaban J connectivity index is 1.81. The number of hydrogen-bond donors (Lipinski definition) is 2. The zero-order chi connectivity index (χ0) is 17.1. The number of carbonyl (C=O) groups is 1. The summed E-state index contributed by atoms with van der Waals surface area (Å²) in [5.41, 5.74) is 8.72. The van der Waals surface area contributed by atoms with E-state index in [9.17, 15) is 14.4 Å². The van der Waals surface area contributed by atoms with Crippen LogP contribution in [0.15, 0.2) is 42.5 Å². The Kier molecular flexibility index (Phi) is 4.66. The van der Waals surface area contributed by atoms with Crippen LogP contribution >= 0.6 is 0 Å². The van der Waals surface area contributed by atoms with Crippen molar-refractivity contribution < 1.29 is 14.4 Å². The van der Waals surface area contributed by atoms with Gasteiger partial charge in [0.25, 0.3) is 0 Å². The number of benzene rings is 2. The van der Waals surface area contributed by atoms with Gasteiger partial charge in [-0.2, -0.15) is 0 Å². The molecule has 0 bridgehead atoms. The molecular weight excluding hydrogens is 309 g/mol. The average Bonchev–Trinajstić information content (AvgIpc) is 2.57. The van der Waals surface area contributed by atoms with Gasteiger partial charge in [0.15, 0.2) is 0 Å². The van der Waals surface area contributed by atoms with Crippen LogP contribution in [0.2, 0.25) is 0 Å². The fraction of sp³-hybridized carbons (Fsp3) is 0.278. The number of aryl methyl sites for hydroxylation is 1. The highest BCUT2D eigenvalue weighted by molar-refractivity contribution is 5.70. The van der Waals surface area contributed by atoms with Gasteiger partial charge in [-0.3, -0.25) is 5.21 Å². The summed E-state index contributed by atoms with van der Waals surface area (Å²) in [6.45, 7) is 1.44. The fourth-order valence-electron chi connectivity index (χ4n) is 3.07. The third-order valence-electron chi connectivity index (χ3n) is 4.26. The second-order valence-electron chi connectivity index (χ2n) is 5.98. The number of rotatable bonds is 4. The summed E-state index contributed by atoms with van der Waals surface area (Å²) in [7, 11) is 0. The van der Waals surface area contributed by atoms with E-state index >= 15 is 0 Å². The second kappa shape index (κ2) is 6.88. The van der Waals surface area contributed by atoms with E-state index in [1.165, 1.54) is 6.07 Å². The van der Waals surface area contributed by atoms with Crippen molar-refractivity contribution in [1.29, 1.82) is 0 Å². The van der Waals surface area contributed by atoms with Crippen molar-refractivity contribution in [2.75, 3.05) is 11.4 Å². The van der Waals surface area contributed by atoms with Gasteiger partial charge < -0.3 is 10.6 Å². The lowest BCUT2D eigenvalue weighted by Gasteiger charge is -2.32. The second-order valence-corrected chi connectivity index (χ2v) is 5.98. The van der Waals surface area contributed by atoms with E-state index in [1.807, 2.05) is 24.3 Å². The van der Waals surface area contributed by atoms with Crippen molar-refractivity contribution >= 4 is 11.7 Å². The third kappa shape index (κ3) is 3.49. The van der Waals surface area contributed by atoms with Gasteiger partial charge in [-0.25, -0.2) is 14.2 Å². The van der Waals surface area contributed by atoms with E-state index in [0.29, 0.717) is 17.2 Å². The molecule has 0 aromatic heterocycles. The Hall–Kier alpha value is -2.60. The van der Waals surface area contributed by atoms with Crippen molar-refractivity contribution in [1.82, 2.24) is 5.06 Å². The van der Waals surface area contributed by atoms with E-state index < -0.39 is 6.03 Å². The van der Waals surface area contributed by atoms with E-state index in [0.717, 1.165) is 36.2 Å². The SMILES string of the molecule is NC(=O)N(O)Cc1ccc2c(c1)CCCN2Cc1ccccc1F. The number of hydrogen-bond acceptors (Lipinski definition) is 3. The largest absolute Gasteiger partial charge is 0.367 e. The number of carbonyl (C=O) groups excluding carboxylic acids is 1. The molecule has 0 saturated carbocycles. The number of urea groups is 1. The summed E-state index contributed by atoms with van der Waals surface area (Å²) in [6, 6.07) is 11.7. The van der Waals surface area contributed by atoms with Gasteiger partial charge in [-0.05, 0) is 36.1 Å². The number of anilines is 1. The molecule has 2 amide bonds. The number of amides is 2. The lowest BCUT2D eigenvalue weighted by atomic mass is 9.98. The minimum Gasteiger partial charge on any atom is -0.367 e. The van der Waals surface area contributed by atoms with Crippen LogP contribution in [0.5, 0.6) is 0 Å². The first kappa shape index (κ1) is 16.3. The number of halogens is 1. The van der Waals surface area contributed by atoms with Crippen LogP contribution in [-0.4, -0.2) is 22.8 Å². The third-order valence-corrected chi connectivity index (χ3v) is 4.26. The van der Waals surface area contributed by atoms with Crippen LogP contribution in [0.3, 0.4) is 0 Å². The van der Waals surface area contributed by atoms with E-state index in [4.69, 9.17) is 5.73 Å². The van der Waals surface area contributed by atoms with Gasteiger partial charge in [-0.15, -0.1) is 0 Å². The molecule has 1 aliphatic heterocycles. The molecule has 0 unspecified atom stereocenters. The predicted molar refractivity (Wildman–Crippen MR) is 89.1 cm³/mol. The number of nitrogens with zero attached hydrogens (tertiary/aromatic N) is 2. The summed E-state index contributed by atoms with van der Waals surface area (Å²) in [5.74, 6) is -0.196. The summed E-state index contributed by atoms with van der Waals surface area (Å²) in [5, 5.41) is 9.96. The normalized spacial score (nSPS) is 13.5. The monoisotopic (exact) mass is 329 g/mol. The predicted octanol–water partition coefficient (Wildman–Crippen LogP) is 3.05. The Morgan fingerprint density at radius 2 is 2.08 bits per heavy atom. The van der Waals surface area contributed by atoms with Gasteiger partial charge >= 0.3 is 6.03 Å². The molecule has 3 N–H and O–H groups in total. The molecule has 1 aliphatic rings. The maximum atomic E-state index is 13.9. The lowest BCUT2D eigenvalue weighted by Crippen LogP contribution is -2.32. The van der Waals surface area contributed by atoms with Crippen LogP contribution in [0.1, 0.15) is 23.1 Å². The van der Waals surface area contributed by atoms with Crippen molar-refractivity contribution in [2.24, 2.45) is 5.73 Å². The summed E-state index contributed by atoms with van der Waals surface area (Å²) in [4.78, 5) is 13.1. The fourth-order valence-corrected chi connectivity index (χ4v) is 3.07. The first-order valence-electron chi connectivity index (χ1n) is 7.90. The van der Waals surface area contributed by atoms with Crippen molar-refractivity contribution in [3.63, 3.8) is 0 Å². The van der Waals surface area contributed by atoms with Crippen LogP contribution < -0.4 is 10.6 Å². The maximum Gasteiger partial charge on any atom is 0.338 e. The molecule has 2 aromatic carbocycles. The van der Waals surface area contributed by atoms with Gasteiger partial charge in [0.2, 0.25) is 0 Å². The molecular formula is C18H20FN3O2. The number of nitrogens with two attached hydrogens (primary N) is 1. The topological polar surface area (TPSA) is 69.8 Å². The number of primary amides is 1. The molecule has 0 spiro atoms. The highest BCUT2D eigenvalue weighted by Crippen LogP contribution is 2.30. The standard InChI is InChI=1S/C18H20FN3O2/c19-16-6-2-1-4-15(16)12-21-9-3-5-14-10-13(7-8-17(14)21)11-22(24)18(20)23/h1-2,4,6-8,10,24H,3,5,9,11-12H2,(H2,20,23). The maximum absolute atomic E-state index is 13.9. The van der Waals surface area contributed by atoms with E-state index in [-0.39, 0.29) is 12.4 Å². The first-order chi connectivity index (χ1) is 11.5. The molecule has 0 saturated heterocycles. The molecule has 0 radical (unpaired) electrons. The molecule has 126 valence electrons. The minimum atomic E-state index is -0.881. The summed E-state index contributed by atoms with van der Waals surface area (Å²) < 4.78 is 13.9. The van der Waals surface area contributed by atoms with Crippen molar-refractivity contribution in [3.8, 4) is 0 Å². The van der Waals surface area contributed by atoms with Gasteiger partial charge in [0.1, 0.15) is 5.82 Å². The zero-order valence-corrected chi connectivity index (χ0v) is 13.3. The van der Waals surface area contributed by atoms with Crippen LogP contribution in [-0.2, 0) is 19.5 Å². The highest BCUT2D eigenvalue weighted by atomic mass is 19.1. The lowest BCUT2D eigenvalue weighted by molar-refractivity contribution is -0.0470. The summed E-state index contributed by atoms with van der Waals surface area (Å²) in [6.07, 6.45) is 1.89. The van der Waals surface area contributed by atoms with Crippen LogP contribution in [0.4, 0.5) is 14.9 Å². The molecule has 2 aromatic rings. The van der Waals surface area contributed by atoms with E-state index in [2.05, 4.69) is 4.90 Å². The first-order valence-corrected chi connectivity index (χ1v) is 7.90. The van der Waals surface area contributed by atoms with Crippen LogP contribution in [0, 0.1) is 5.82 Å². The highest BCUT2D eigenvalue weighted by Gasteiger charge is 2.19. The zero-order valence-electron chi connectivity index (χ0n) is 13.3. The quantitative estimate of drug-likeness (QED) is 0.669. The molecule has 0 aliphatic carbocycles. The number of hydroxylamine groups is 2. The Labute approximate surface area is 140 Å². The van der Waals surface area contributed by atoms with Crippen LogP contribution in [0.25, 0.3) is 0 Å². The van der Waals surface area contributed by atoms with E-state index in [1.54, 1.807) is 12.1 Å². The molecule has 3 rings (SSSR count). The molecule has 5 nitrogen and oxygen atoms in total. The van der Waals surface area contributed by atoms with Gasteiger partial charge in [0, 0.05) is 24.3 Å². The van der Waals surface area contributed by atoms with Crippen molar-refractivity contribution in [2.45, 2.75) is 25.9 Å². The molecule has 1 heterocycles. The molecule has 6 heteroatoms. The molecule has 0 atom stereocenters. The average molecular weight is 329 g/mol. The Morgan fingerprint density at radius 3 is 2.83 bits per heavy atom. The smallest absolute Gasteiger partial charge is 0.338 e. The van der Waals surface area contributed by atoms with Gasteiger partial charge in [0.05, 0.1) is 6.54 Å². The minimum absolute atomic E-state index is 0.0515. The Morgan fingerprint density at radius 1 is 1.29 bits per heavy atom. The molecule has 24 heavy (non-hydrogen) atoms.